The van der Waals surface area contributed by atoms with Crippen LogP contribution in [0.2, 0.25) is 0 Å². The molecule has 0 spiro atoms. The van der Waals surface area contributed by atoms with Crippen molar-refractivity contribution in [1.29, 1.82) is 0 Å². The molecule has 2 nitrogen and oxygen atoms in total. The summed E-state index contributed by atoms with van der Waals surface area (Å²) in [4.78, 5) is 0. The van der Waals surface area contributed by atoms with Crippen molar-refractivity contribution < 1.29 is 4.74 Å². The van der Waals surface area contributed by atoms with Gasteiger partial charge in [0.15, 0.2) is 0 Å². The summed E-state index contributed by atoms with van der Waals surface area (Å²) < 4.78 is 5.66. The highest BCUT2D eigenvalue weighted by molar-refractivity contribution is 5.36. The number of benzene rings is 1. The molecular weight excluding hydrogens is 210 g/mol. The first-order chi connectivity index (χ1) is 8.19. The summed E-state index contributed by atoms with van der Waals surface area (Å²) in [5, 5.41) is 3.35. The Kier molecular flexibility index (Phi) is 5.78. The van der Waals surface area contributed by atoms with E-state index in [0.29, 0.717) is 12.6 Å². The second kappa shape index (κ2) is 7.13. The highest BCUT2D eigenvalue weighted by Gasteiger charge is 2.13. The number of hydrogen-bond donors (Lipinski definition) is 1. The van der Waals surface area contributed by atoms with Crippen molar-refractivity contribution >= 4 is 0 Å². The maximum absolute atomic E-state index is 5.66. The monoisotopic (exact) mass is 233 g/mol. The predicted molar refractivity (Wildman–Crippen MR) is 73.5 cm³/mol. The minimum atomic E-state index is 0.328. The lowest BCUT2D eigenvalue weighted by Crippen LogP contribution is -2.17. The molecule has 0 aliphatic carbocycles. The number of para-hydroxylation sites is 1. The van der Waals surface area contributed by atoms with Gasteiger partial charge < -0.3 is 10.1 Å². The third-order valence-corrected chi connectivity index (χ3v) is 2.80. The summed E-state index contributed by atoms with van der Waals surface area (Å²) in [5.74, 6) is 0.982. The van der Waals surface area contributed by atoms with Crippen LogP contribution in [0, 0.1) is 0 Å². The maximum atomic E-state index is 5.66. The molecule has 0 amide bonds. The molecule has 0 aliphatic heterocycles. The molecule has 0 aromatic heterocycles. The van der Waals surface area contributed by atoms with Gasteiger partial charge in [-0.2, -0.15) is 0 Å². The third-order valence-electron chi connectivity index (χ3n) is 2.80. The molecule has 0 fully saturated rings. The molecule has 0 saturated carbocycles. The molecule has 1 aromatic carbocycles. The van der Waals surface area contributed by atoms with Crippen molar-refractivity contribution in [3.05, 3.63) is 42.0 Å². The van der Waals surface area contributed by atoms with E-state index in [2.05, 4.69) is 31.0 Å². The molecule has 0 aliphatic rings. The average molecular weight is 233 g/mol. The van der Waals surface area contributed by atoms with Crippen molar-refractivity contribution in [1.82, 2.24) is 5.32 Å². The number of ether oxygens (including phenoxy) is 1. The molecule has 0 saturated heterocycles. The molecule has 0 heterocycles. The fourth-order valence-corrected chi connectivity index (χ4v) is 1.90. The standard InChI is InChI=1S/C15H23NO/c1-5-17-15-9-7-6-8-13(15)14(16-4)11-10-12(2)3/h6-9,14,16H,2,5,10-11H2,1,3-4H3. The molecule has 1 atom stereocenters. The molecular formula is C15H23NO. The second-order valence-corrected chi connectivity index (χ2v) is 4.31. The van der Waals surface area contributed by atoms with E-state index in [9.17, 15) is 0 Å². The second-order valence-electron chi connectivity index (χ2n) is 4.31. The Bertz CT molecular complexity index is 360. The van der Waals surface area contributed by atoms with E-state index in [4.69, 9.17) is 4.74 Å². The quantitative estimate of drug-likeness (QED) is 0.725. The Morgan fingerprint density at radius 1 is 1.41 bits per heavy atom. The van der Waals surface area contributed by atoms with Gasteiger partial charge in [-0.25, -0.2) is 0 Å². The van der Waals surface area contributed by atoms with Gasteiger partial charge in [0.25, 0.3) is 0 Å². The number of nitrogens with one attached hydrogen (secondary N) is 1. The van der Waals surface area contributed by atoms with E-state index < -0.39 is 0 Å². The van der Waals surface area contributed by atoms with Gasteiger partial charge in [0.05, 0.1) is 6.61 Å². The third kappa shape index (κ3) is 4.23. The van der Waals surface area contributed by atoms with Gasteiger partial charge in [0, 0.05) is 11.6 Å². The lowest BCUT2D eigenvalue weighted by Gasteiger charge is -2.20. The van der Waals surface area contributed by atoms with Crippen LogP contribution in [0.4, 0.5) is 0 Å². The van der Waals surface area contributed by atoms with Crippen molar-refractivity contribution in [2.45, 2.75) is 32.7 Å². The van der Waals surface area contributed by atoms with Crippen LogP contribution in [-0.2, 0) is 0 Å². The molecule has 1 unspecified atom stereocenters. The zero-order valence-electron chi connectivity index (χ0n) is 11.1. The molecule has 1 N–H and O–H groups in total. The van der Waals surface area contributed by atoms with Gasteiger partial charge in [0.1, 0.15) is 5.75 Å². The first-order valence-corrected chi connectivity index (χ1v) is 6.22. The maximum Gasteiger partial charge on any atom is 0.124 e. The van der Waals surface area contributed by atoms with E-state index in [0.717, 1.165) is 18.6 Å². The Hall–Kier alpha value is -1.28. The van der Waals surface area contributed by atoms with Crippen LogP contribution in [0.15, 0.2) is 36.4 Å². The Morgan fingerprint density at radius 2 is 2.12 bits per heavy atom. The predicted octanol–water partition coefficient (Wildman–Crippen LogP) is 3.70. The van der Waals surface area contributed by atoms with E-state index in [-0.39, 0.29) is 0 Å². The number of allylic oxidation sites excluding steroid dienone is 1. The summed E-state index contributed by atoms with van der Waals surface area (Å²) in [6.07, 6.45) is 2.09. The van der Waals surface area contributed by atoms with Crippen molar-refractivity contribution in [2.24, 2.45) is 0 Å². The van der Waals surface area contributed by atoms with E-state index in [1.165, 1.54) is 11.1 Å². The molecule has 0 bridgehead atoms. The zero-order chi connectivity index (χ0) is 12.7. The van der Waals surface area contributed by atoms with Crippen LogP contribution in [0.1, 0.15) is 38.3 Å². The summed E-state index contributed by atoms with van der Waals surface area (Å²) in [7, 11) is 1.99. The number of hydrogen-bond acceptors (Lipinski definition) is 2. The van der Waals surface area contributed by atoms with Crippen molar-refractivity contribution in [3.63, 3.8) is 0 Å². The zero-order valence-corrected chi connectivity index (χ0v) is 11.1. The van der Waals surface area contributed by atoms with Gasteiger partial charge in [-0.3, -0.25) is 0 Å². The fourth-order valence-electron chi connectivity index (χ4n) is 1.90. The van der Waals surface area contributed by atoms with Crippen LogP contribution in [0.5, 0.6) is 5.75 Å². The Balaban J connectivity index is 2.82. The molecule has 2 heteroatoms. The lowest BCUT2D eigenvalue weighted by atomic mass is 9.99. The van der Waals surface area contributed by atoms with Gasteiger partial charge in [0.2, 0.25) is 0 Å². The molecule has 1 rings (SSSR count). The average Bonchev–Trinajstić information content (AvgIpc) is 2.32. The normalized spacial score (nSPS) is 12.2. The summed E-state index contributed by atoms with van der Waals surface area (Å²) in [6, 6.07) is 8.56. The molecule has 94 valence electrons. The Labute approximate surface area is 105 Å². The smallest absolute Gasteiger partial charge is 0.124 e. The molecule has 1 aromatic rings. The first kappa shape index (κ1) is 13.8. The van der Waals surface area contributed by atoms with Crippen LogP contribution in [0.3, 0.4) is 0 Å². The Morgan fingerprint density at radius 3 is 2.71 bits per heavy atom. The van der Waals surface area contributed by atoms with Crippen molar-refractivity contribution in [3.8, 4) is 5.75 Å². The van der Waals surface area contributed by atoms with Gasteiger partial charge in [-0.15, -0.1) is 6.58 Å². The summed E-state index contributed by atoms with van der Waals surface area (Å²) in [6.45, 7) is 8.74. The van der Waals surface area contributed by atoms with E-state index in [1.54, 1.807) is 0 Å². The summed E-state index contributed by atoms with van der Waals surface area (Å²) in [5.41, 5.74) is 2.46. The highest BCUT2D eigenvalue weighted by Crippen LogP contribution is 2.28. The highest BCUT2D eigenvalue weighted by atomic mass is 16.5. The number of rotatable bonds is 7. The molecule has 0 radical (unpaired) electrons. The van der Waals surface area contributed by atoms with Crippen LogP contribution in [0.25, 0.3) is 0 Å². The van der Waals surface area contributed by atoms with Crippen LogP contribution >= 0.6 is 0 Å². The molecule has 17 heavy (non-hydrogen) atoms. The van der Waals surface area contributed by atoms with E-state index in [1.807, 2.05) is 26.1 Å². The topological polar surface area (TPSA) is 21.3 Å². The van der Waals surface area contributed by atoms with E-state index >= 15 is 0 Å². The first-order valence-electron chi connectivity index (χ1n) is 6.22. The van der Waals surface area contributed by atoms with Gasteiger partial charge >= 0.3 is 0 Å². The fraction of sp³-hybridized carbons (Fsp3) is 0.467. The minimum absolute atomic E-state index is 0.328. The largest absolute Gasteiger partial charge is 0.494 e. The minimum Gasteiger partial charge on any atom is -0.494 e. The van der Waals surface area contributed by atoms with Gasteiger partial charge in [-0.1, -0.05) is 23.8 Å². The summed E-state index contributed by atoms with van der Waals surface area (Å²) >= 11 is 0. The lowest BCUT2D eigenvalue weighted by molar-refractivity contribution is 0.331. The van der Waals surface area contributed by atoms with Crippen LogP contribution < -0.4 is 10.1 Å². The van der Waals surface area contributed by atoms with Crippen molar-refractivity contribution in [2.75, 3.05) is 13.7 Å². The SMILES string of the molecule is C=C(C)CCC(NC)c1ccccc1OCC. The van der Waals surface area contributed by atoms with Gasteiger partial charge in [-0.05, 0) is 39.8 Å². The van der Waals surface area contributed by atoms with Crippen LogP contribution in [-0.4, -0.2) is 13.7 Å².